The van der Waals surface area contributed by atoms with E-state index in [4.69, 9.17) is 11.6 Å². The number of pyridine rings is 1. The van der Waals surface area contributed by atoms with Crippen LogP contribution in [0, 0.1) is 0 Å². The molecule has 0 radical (unpaired) electrons. The molecule has 2 rings (SSSR count). The standard InChI is InChI=1S/C14H16ClN3OS/c1-2-7-16-13-6-3-10(8-17-13)14(19)18-9-11-4-5-12(15)20-11/h3-6,8H,2,7,9H2,1H3,(H,16,17)(H,18,19). The van der Waals surface area contributed by atoms with Crippen molar-refractivity contribution in [1.29, 1.82) is 0 Å². The van der Waals surface area contributed by atoms with Crippen LogP contribution in [0.3, 0.4) is 0 Å². The van der Waals surface area contributed by atoms with E-state index >= 15 is 0 Å². The van der Waals surface area contributed by atoms with E-state index in [9.17, 15) is 4.79 Å². The fourth-order valence-corrected chi connectivity index (χ4v) is 2.63. The number of carbonyl (C=O) groups is 1. The lowest BCUT2D eigenvalue weighted by atomic mass is 10.2. The molecular formula is C14H16ClN3OS. The molecule has 4 nitrogen and oxygen atoms in total. The Morgan fingerprint density at radius 1 is 1.35 bits per heavy atom. The molecule has 0 bridgehead atoms. The van der Waals surface area contributed by atoms with E-state index in [2.05, 4.69) is 22.5 Å². The van der Waals surface area contributed by atoms with E-state index in [0.29, 0.717) is 12.1 Å². The van der Waals surface area contributed by atoms with Crippen LogP contribution in [-0.2, 0) is 6.54 Å². The Morgan fingerprint density at radius 3 is 2.80 bits per heavy atom. The molecule has 0 aliphatic carbocycles. The monoisotopic (exact) mass is 309 g/mol. The van der Waals surface area contributed by atoms with Crippen molar-refractivity contribution in [3.05, 3.63) is 45.2 Å². The van der Waals surface area contributed by atoms with Crippen LogP contribution in [0.5, 0.6) is 0 Å². The van der Waals surface area contributed by atoms with Crippen molar-refractivity contribution in [3.63, 3.8) is 0 Å². The third-order valence-electron chi connectivity index (χ3n) is 2.63. The van der Waals surface area contributed by atoms with E-state index in [1.54, 1.807) is 12.3 Å². The fraction of sp³-hybridized carbons (Fsp3) is 0.286. The summed E-state index contributed by atoms with van der Waals surface area (Å²) in [4.78, 5) is 17.2. The summed E-state index contributed by atoms with van der Waals surface area (Å²) < 4.78 is 0.724. The molecule has 0 saturated carbocycles. The maximum atomic E-state index is 12.0. The second kappa shape index (κ2) is 7.26. The van der Waals surface area contributed by atoms with Gasteiger partial charge in [-0.05, 0) is 30.7 Å². The van der Waals surface area contributed by atoms with Gasteiger partial charge in [0.2, 0.25) is 0 Å². The zero-order valence-electron chi connectivity index (χ0n) is 11.1. The molecule has 2 aromatic rings. The molecule has 2 heterocycles. The Balaban J connectivity index is 1.88. The Morgan fingerprint density at radius 2 is 2.20 bits per heavy atom. The van der Waals surface area contributed by atoms with Gasteiger partial charge in [0, 0.05) is 17.6 Å². The highest BCUT2D eigenvalue weighted by Gasteiger charge is 2.06. The second-order valence-corrected chi connectivity index (χ2v) is 6.05. The molecule has 6 heteroatoms. The molecule has 0 atom stereocenters. The maximum absolute atomic E-state index is 12.0. The van der Waals surface area contributed by atoms with Crippen LogP contribution in [0.1, 0.15) is 28.6 Å². The number of amides is 1. The average Bonchev–Trinajstić information content (AvgIpc) is 2.89. The number of halogens is 1. The average molecular weight is 310 g/mol. The lowest BCUT2D eigenvalue weighted by Gasteiger charge is -2.06. The molecule has 20 heavy (non-hydrogen) atoms. The van der Waals surface area contributed by atoms with Crippen LogP contribution in [-0.4, -0.2) is 17.4 Å². The quantitative estimate of drug-likeness (QED) is 0.858. The minimum atomic E-state index is -0.135. The van der Waals surface area contributed by atoms with Crippen molar-refractivity contribution in [1.82, 2.24) is 10.3 Å². The van der Waals surface area contributed by atoms with E-state index in [0.717, 1.165) is 28.0 Å². The second-order valence-electron chi connectivity index (χ2n) is 4.25. The van der Waals surface area contributed by atoms with E-state index < -0.39 is 0 Å². The van der Waals surface area contributed by atoms with Gasteiger partial charge in [-0.15, -0.1) is 11.3 Å². The van der Waals surface area contributed by atoms with Gasteiger partial charge in [0.05, 0.1) is 16.4 Å². The molecule has 0 aliphatic rings. The molecule has 0 saturated heterocycles. The number of hydrogen-bond acceptors (Lipinski definition) is 4. The van der Waals surface area contributed by atoms with Crippen molar-refractivity contribution in [3.8, 4) is 0 Å². The first-order chi connectivity index (χ1) is 9.69. The topological polar surface area (TPSA) is 54.0 Å². The van der Waals surface area contributed by atoms with Gasteiger partial charge in [-0.1, -0.05) is 18.5 Å². The van der Waals surface area contributed by atoms with Crippen LogP contribution in [0.15, 0.2) is 30.5 Å². The highest BCUT2D eigenvalue weighted by molar-refractivity contribution is 7.16. The number of thiophene rings is 1. The van der Waals surface area contributed by atoms with Crippen LogP contribution in [0.25, 0.3) is 0 Å². The maximum Gasteiger partial charge on any atom is 0.253 e. The highest BCUT2D eigenvalue weighted by Crippen LogP contribution is 2.21. The Bertz CT molecular complexity index is 568. The number of carbonyl (C=O) groups excluding carboxylic acids is 1. The number of nitrogens with one attached hydrogen (secondary N) is 2. The lowest BCUT2D eigenvalue weighted by molar-refractivity contribution is 0.0951. The third-order valence-corrected chi connectivity index (χ3v) is 3.86. The molecule has 0 spiro atoms. The zero-order chi connectivity index (χ0) is 14.4. The number of hydrogen-bond donors (Lipinski definition) is 2. The Labute approximate surface area is 127 Å². The smallest absolute Gasteiger partial charge is 0.253 e. The van der Waals surface area contributed by atoms with Gasteiger partial charge in [0.1, 0.15) is 5.82 Å². The zero-order valence-corrected chi connectivity index (χ0v) is 12.7. The molecule has 106 valence electrons. The summed E-state index contributed by atoms with van der Waals surface area (Å²) in [5.41, 5.74) is 0.551. The first-order valence-electron chi connectivity index (χ1n) is 6.41. The Kier molecular flexibility index (Phi) is 5.38. The van der Waals surface area contributed by atoms with E-state index in [-0.39, 0.29) is 5.91 Å². The lowest BCUT2D eigenvalue weighted by Crippen LogP contribution is -2.22. The predicted octanol–water partition coefficient (Wildman–Crippen LogP) is 3.55. The molecule has 0 aromatic carbocycles. The van der Waals surface area contributed by atoms with E-state index in [1.807, 2.05) is 18.2 Å². The summed E-state index contributed by atoms with van der Waals surface area (Å²) in [5.74, 6) is 0.650. The SMILES string of the molecule is CCCNc1ccc(C(=O)NCc2ccc(Cl)s2)cn1. The van der Waals surface area contributed by atoms with Gasteiger partial charge in [-0.25, -0.2) is 4.98 Å². The summed E-state index contributed by atoms with van der Waals surface area (Å²) in [5, 5.41) is 6.01. The van der Waals surface area contributed by atoms with Crippen molar-refractivity contribution >= 4 is 34.7 Å². The molecule has 2 N–H and O–H groups in total. The van der Waals surface area contributed by atoms with E-state index in [1.165, 1.54) is 11.3 Å². The Hall–Kier alpha value is -1.59. The highest BCUT2D eigenvalue weighted by atomic mass is 35.5. The van der Waals surface area contributed by atoms with Crippen LogP contribution >= 0.6 is 22.9 Å². The van der Waals surface area contributed by atoms with Gasteiger partial charge >= 0.3 is 0 Å². The van der Waals surface area contributed by atoms with Crippen LogP contribution in [0.2, 0.25) is 4.34 Å². The first kappa shape index (κ1) is 14.8. The van der Waals surface area contributed by atoms with Gasteiger partial charge in [-0.3, -0.25) is 4.79 Å². The molecule has 2 aromatic heterocycles. The molecule has 0 unspecified atom stereocenters. The van der Waals surface area contributed by atoms with Gasteiger partial charge in [-0.2, -0.15) is 0 Å². The van der Waals surface area contributed by atoms with Gasteiger partial charge in [0.15, 0.2) is 0 Å². The number of aromatic nitrogens is 1. The minimum absolute atomic E-state index is 0.135. The minimum Gasteiger partial charge on any atom is -0.370 e. The summed E-state index contributed by atoms with van der Waals surface area (Å²) in [6, 6.07) is 7.31. The van der Waals surface area contributed by atoms with Gasteiger partial charge in [0.25, 0.3) is 5.91 Å². The number of anilines is 1. The van der Waals surface area contributed by atoms with Gasteiger partial charge < -0.3 is 10.6 Å². The predicted molar refractivity (Wildman–Crippen MR) is 83.5 cm³/mol. The normalized spacial score (nSPS) is 10.3. The fourth-order valence-electron chi connectivity index (χ4n) is 1.60. The van der Waals surface area contributed by atoms with Crippen molar-refractivity contribution in [2.24, 2.45) is 0 Å². The first-order valence-corrected chi connectivity index (χ1v) is 7.61. The van der Waals surface area contributed by atoms with Crippen LogP contribution < -0.4 is 10.6 Å². The van der Waals surface area contributed by atoms with Crippen molar-refractivity contribution < 1.29 is 4.79 Å². The third kappa shape index (κ3) is 4.21. The summed E-state index contributed by atoms with van der Waals surface area (Å²) in [6.07, 6.45) is 2.61. The number of nitrogens with zero attached hydrogens (tertiary/aromatic N) is 1. The molecular weight excluding hydrogens is 294 g/mol. The molecule has 1 amide bonds. The van der Waals surface area contributed by atoms with Crippen molar-refractivity contribution in [2.75, 3.05) is 11.9 Å². The van der Waals surface area contributed by atoms with Crippen molar-refractivity contribution in [2.45, 2.75) is 19.9 Å². The van der Waals surface area contributed by atoms with Crippen LogP contribution in [0.4, 0.5) is 5.82 Å². The summed E-state index contributed by atoms with van der Waals surface area (Å²) in [6.45, 7) is 3.44. The molecule has 0 fully saturated rings. The molecule has 0 aliphatic heterocycles. The summed E-state index contributed by atoms with van der Waals surface area (Å²) >= 11 is 7.30. The summed E-state index contributed by atoms with van der Waals surface area (Å²) in [7, 11) is 0. The largest absolute Gasteiger partial charge is 0.370 e. The number of rotatable bonds is 6.